The van der Waals surface area contributed by atoms with Crippen LogP contribution in [0.15, 0.2) is 65.7 Å². The molecule has 2 aromatic carbocycles. The molecule has 0 saturated carbocycles. The van der Waals surface area contributed by atoms with Gasteiger partial charge in [-0.2, -0.15) is 0 Å². The van der Waals surface area contributed by atoms with Crippen LogP contribution in [0.3, 0.4) is 0 Å². The van der Waals surface area contributed by atoms with Gasteiger partial charge >= 0.3 is 0 Å². The van der Waals surface area contributed by atoms with Crippen LogP contribution in [0, 0.1) is 13.8 Å². The molecule has 0 aliphatic carbocycles. The smallest absolute Gasteiger partial charge is 0.294 e. The molecule has 2 N–H and O–H groups in total. The average Bonchev–Trinajstić information content (AvgIpc) is 3.32. The van der Waals surface area contributed by atoms with E-state index in [0.29, 0.717) is 11.4 Å². The highest BCUT2D eigenvalue weighted by molar-refractivity contribution is 8.18. The predicted octanol–water partition coefficient (Wildman–Crippen LogP) is 4.47. The molecular formula is C24H21N3O4S. The van der Waals surface area contributed by atoms with Crippen LogP contribution >= 0.6 is 11.8 Å². The number of para-hydroxylation sites is 1. The van der Waals surface area contributed by atoms with Crippen LogP contribution in [0.4, 0.5) is 10.5 Å². The lowest BCUT2D eigenvalue weighted by molar-refractivity contribution is -0.127. The number of rotatable bonds is 5. The number of aromatic hydroxyl groups is 1. The average molecular weight is 448 g/mol. The minimum atomic E-state index is -0.505. The Morgan fingerprint density at radius 1 is 1.03 bits per heavy atom. The molecule has 0 atom stereocenters. The Hall–Kier alpha value is -3.78. The van der Waals surface area contributed by atoms with E-state index in [1.165, 1.54) is 0 Å². The molecule has 1 fully saturated rings. The second kappa shape index (κ2) is 8.76. The van der Waals surface area contributed by atoms with Gasteiger partial charge in [0, 0.05) is 23.3 Å². The lowest BCUT2D eigenvalue weighted by Crippen LogP contribution is -2.36. The largest absolute Gasteiger partial charge is 0.508 e. The van der Waals surface area contributed by atoms with E-state index >= 15 is 0 Å². The molecule has 0 radical (unpaired) electrons. The fraction of sp³-hybridized carbons (Fsp3) is 0.125. The number of imide groups is 1. The lowest BCUT2D eigenvalue weighted by Gasteiger charge is -2.15. The predicted molar refractivity (Wildman–Crippen MR) is 125 cm³/mol. The number of aryl methyl sites for hydroxylation is 2. The van der Waals surface area contributed by atoms with Crippen molar-refractivity contribution in [1.82, 2.24) is 9.47 Å². The van der Waals surface area contributed by atoms with Crippen molar-refractivity contribution in [2.45, 2.75) is 13.8 Å². The van der Waals surface area contributed by atoms with Crippen LogP contribution in [0.2, 0.25) is 0 Å². The van der Waals surface area contributed by atoms with Crippen molar-refractivity contribution in [1.29, 1.82) is 0 Å². The van der Waals surface area contributed by atoms with E-state index < -0.39 is 17.1 Å². The van der Waals surface area contributed by atoms with Crippen LogP contribution in [-0.4, -0.2) is 38.2 Å². The Kier molecular flexibility index (Phi) is 5.87. The summed E-state index contributed by atoms with van der Waals surface area (Å²) in [5.41, 5.74) is 3.99. The molecule has 0 bridgehead atoms. The van der Waals surface area contributed by atoms with Crippen LogP contribution in [0.5, 0.6) is 5.75 Å². The summed E-state index contributed by atoms with van der Waals surface area (Å²) in [5.74, 6) is -0.781. The maximum Gasteiger partial charge on any atom is 0.294 e. The van der Waals surface area contributed by atoms with Crippen LogP contribution in [0.1, 0.15) is 16.8 Å². The third kappa shape index (κ3) is 4.31. The number of nitrogens with zero attached hydrogens (tertiary/aromatic N) is 2. The van der Waals surface area contributed by atoms with Crippen molar-refractivity contribution in [3.63, 3.8) is 0 Å². The normalized spacial score (nSPS) is 14.9. The highest BCUT2D eigenvalue weighted by Gasteiger charge is 2.36. The minimum Gasteiger partial charge on any atom is -0.508 e. The summed E-state index contributed by atoms with van der Waals surface area (Å²) in [6.07, 6.45) is 3.45. The molecule has 162 valence electrons. The zero-order valence-electron chi connectivity index (χ0n) is 17.5. The number of aromatic nitrogens is 1. The van der Waals surface area contributed by atoms with Gasteiger partial charge in [-0.15, -0.1) is 0 Å². The van der Waals surface area contributed by atoms with Gasteiger partial charge < -0.3 is 15.0 Å². The summed E-state index contributed by atoms with van der Waals surface area (Å²) in [6, 6.07) is 15.9. The molecule has 0 spiro atoms. The van der Waals surface area contributed by atoms with Crippen molar-refractivity contribution < 1.29 is 19.5 Å². The number of anilines is 1. The summed E-state index contributed by atoms with van der Waals surface area (Å²) >= 11 is 0.806. The molecule has 1 saturated heterocycles. The van der Waals surface area contributed by atoms with E-state index in [9.17, 15) is 19.5 Å². The number of phenols is 1. The van der Waals surface area contributed by atoms with Crippen molar-refractivity contribution in [2.75, 3.05) is 11.9 Å². The molecule has 32 heavy (non-hydrogen) atoms. The summed E-state index contributed by atoms with van der Waals surface area (Å²) in [7, 11) is 0. The van der Waals surface area contributed by atoms with E-state index in [1.54, 1.807) is 30.3 Å². The standard InChI is InChI=1S/C24H21N3O4S/c1-15-5-3-6-16(2)22(15)25-21(29)14-27-23(30)20(32-24(27)31)13-18-7-4-12-26(18)17-8-10-19(28)11-9-17/h3-13,28H,14H2,1-2H3,(H,25,29)/b20-13-. The highest BCUT2D eigenvalue weighted by atomic mass is 32.2. The van der Waals surface area contributed by atoms with Crippen molar-refractivity contribution in [3.8, 4) is 11.4 Å². The van der Waals surface area contributed by atoms with Crippen molar-refractivity contribution in [2.24, 2.45) is 0 Å². The highest BCUT2D eigenvalue weighted by Crippen LogP contribution is 2.33. The first-order valence-electron chi connectivity index (χ1n) is 9.91. The van der Waals surface area contributed by atoms with Gasteiger partial charge in [-0.3, -0.25) is 19.3 Å². The van der Waals surface area contributed by atoms with Gasteiger partial charge in [-0.25, -0.2) is 0 Å². The first-order valence-corrected chi connectivity index (χ1v) is 10.7. The molecular weight excluding hydrogens is 426 g/mol. The van der Waals surface area contributed by atoms with Crippen LogP contribution in [0.25, 0.3) is 11.8 Å². The van der Waals surface area contributed by atoms with Crippen molar-refractivity contribution >= 4 is 40.6 Å². The van der Waals surface area contributed by atoms with Gasteiger partial charge in [0.2, 0.25) is 5.91 Å². The minimum absolute atomic E-state index is 0.155. The SMILES string of the molecule is Cc1cccc(C)c1NC(=O)CN1C(=O)S/C(=C\c2cccn2-c2ccc(O)cc2)C1=O. The molecule has 1 aliphatic rings. The molecule has 1 aliphatic heterocycles. The number of benzene rings is 2. The van der Waals surface area contributed by atoms with Gasteiger partial charge in [0.1, 0.15) is 12.3 Å². The van der Waals surface area contributed by atoms with E-state index in [4.69, 9.17) is 0 Å². The number of amides is 3. The van der Waals surface area contributed by atoms with Crippen LogP contribution in [-0.2, 0) is 9.59 Å². The molecule has 1 aromatic heterocycles. The van der Waals surface area contributed by atoms with Gasteiger partial charge in [0.15, 0.2) is 0 Å². The van der Waals surface area contributed by atoms with Gasteiger partial charge in [0.05, 0.1) is 4.91 Å². The fourth-order valence-electron chi connectivity index (χ4n) is 3.46. The van der Waals surface area contributed by atoms with Crippen LogP contribution < -0.4 is 5.32 Å². The first kappa shape index (κ1) is 21.5. The number of carbonyl (C=O) groups excluding carboxylic acids is 3. The Morgan fingerprint density at radius 3 is 2.41 bits per heavy atom. The number of phenolic OH excluding ortho intramolecular Hbond substituents is 1. The van der Waals surface area contributed by atoms with Gasteiger partial charge in [-0.05, 0) is 79.2 Å². The topological polar surface area (TPSA) is 91.6 Å². The zero-order chi connectivity index (χ0) is 22.8. The summed E-state index contributed by atoms with van der Waals surface area (Å²) in [6.45, 7) is 3.41. The third-order valence-corrected chi connectivity index (χ3v) is 6.02. The maximum atomic E-state index is 12.9. The van der Waals surface area contributed by atoms with Gasteiger partial charge in [0.25, 0.3) is 11.1 Å². The zero-order valence-corrected chi connectivity index (χ0v) is 18.3. The Balaban J connectivity index is 1.51. The molecule has 7 nitrogen and oxygen atoms in total. The summed E-state index contributed by atoms with van der Waals surface area (Å²) in [4.78, 5) is 39.0. The third-order valence-electron chi connectivity index (χ3n) is 5.11. The quantitative estimate of drug-likeness (QED) is 0.563. The molecule has 3 aromatic rings. The summed E-state index contributed by atoms with van der Waals surface area (Å²) in [5, 5.41) is 11.8. The monoisotopic (exact) mass is 447 g/mol. The van der Waals surface area contributed by atoms with E-state index in [2.05, 4.69) is 5.32 Å². The lowest BCUT2D eigenvalue weighted by atomic mass is 10.1. The molecule has 3 amide bonds. The van der Waals surface area contributed by atoms with E-state index in [1.807, 2.05) is 54.9 Å². The summed E-state index contributed by atoms with van der Waals surface area (Å²) < 4.78 is 1.83. The van der Waals surface area contributed by atoms with E-state index in [-0.39, 0.29) is 17.2 Å². The molecule has 0 unspecified atom stereocenters. The van der Waals surface area contributed by atoms with Gasteiger partial charge in [-0.1, -0.05) is 18.2 Å². The number of carbonyl (C=O) groups is 3. The Morgan fingerprint density at radius 2 is 1.72 bits per heavy atom. The van der Waals surface area contributed by atoms with Crippen molar-refractivity contribution in [3.05, 3.63) is 82.5 Å². The Labute approximate surface area is 189 Å². The maximum absolute atomic E-state index is 12.9. The fourth-order valence-corrected chi connectivity index (χ4v) is 4.29. The molecule has 4 rings (SSSR count). The molecule has 8 heteroatoms. The number of hydrogen-bond donors (Lipinski definition) is 2. The number of hydrogen-bond acceptors (Lipinski definition) is 5. The number of nitrogens with one attached hydrogen (secondary N) is 1. The first-order chi connectivity index (χ1) is 15.3. The second-order valence-corrected chi connectivity index (χ2v) is 8.40. The van der Waals surface area contributed by atoms with E-state index in [0.717, 1.165) is 33.5 Å². The number of thioether (sulfide) groups is 1. The Bertz CT molecular complexity index is 1220. The molecule has 2 heterocycles. The second-order valence-electron chi connectivity index (χ2n) is 7.40.